The molecule has 186 valence electrons. The molecule has 0 saturated carbocycles. The normalized spacial score (nSPS) is 14.9. The van der Waals surface area contributed by atoms with Crippen LogP contribution >= 0.6 is 7.60 Å². The predicted octanol–water partition coefficient (Wildman–Crippen LogP) is 6.77. The van der Waals surface area contributed by atoms with Crippen LogP contribution in [0.15, 0.2) is 12.2 Å². The van der Waals surface area contributed by atoms with Crippen LogP contribution in [0, 0.1) is 0 Å². The van der Waals surface area contributed by atoms with Crippen molar-refractivity contribution in [3.63, 3.8) is 0 Å². The van der Waals surface area contributed by atoms with E-state index in [2.05, 4.69) is 19.1 Å². The molecular weight excluding hydrogens is 409 g/mol. The third-order valence-corrected chi connectivity index (χ3v) is 7.31. The minimum Gasteiger partial charge on any atom is -0.373 e. The first-order valence-electron chi connectivity index (χ1n) is 12.8. The maximum absolute atomic E-state index is 11.8. The third kappa shape index (κ3) is 18.0. The highest BCUT2D eigenvalue weighted by molar-refractivity contribution is 7.53. The van der Waals surface area contributed by atoms with Gasteiger partial charge in [-0.05, 0) is 38.5 Å². The summed E-state index contributed by atoms with van der Waals surface area (Å²) >= 11 is 0. The Morgan fingerprint density at radius 3 is 1.48 bits per heavy atom. The summed E-state index contributed by atoms with van der Waals surface area (Å²) in [4.78, 5) is 19.2. The van der Waals surface area contributed by atoms with Crippen LogP contribution in [-0.2, 0) is 4.57 Å². The van der Waals surface area contributed by atoms with Crippen molar-refractivity contribution in [2.24, 2.45) is 0 Å². The van der Waals surface area contributed by atoms with Crippen molar-refractivity contribution in [1.82, 2.24) is 0 Å². The fraction of sp³-hybridized carbons (Fsp3) is 0.920. The Balaban J connectivity index is 3.60. The lowest BCUT2D eigenvalue weighted by atomic mass is 10.0. The Morgan fingerprint density at radius 1 is 0.710 bits per heavy atom. The number of rotatable bonds is 21. The number of hydrogen-bond acceptors (Lipinski definition) is 2. The zero-order valence-electron chi connectivity index (χ0n) is 21.0. The molecule has 0 aliphatic carbocycles. The van der Waals surface area contributed by atoms with Gasteiger partial charge in [0.25, 0.3) is 0 Å². The van der Waals surface area contributed by atoms with Gasteiger partial charge in [0.15, 0.2) is 0 Å². The molecule has 1 unspecified atom stereocenters. The smallest absolute Gasteiger partial charge is 0.362 e. The Hall–Kier alpha value is -0.190. The average molecular weight is 463 g/mol. The van der Waals surface area contributed by atoms with Crippen molar-refractivity contribution in [1.29, 1.82) is 0 Å². The third-order valence-electron chi connectivity index (χ3n) is 5.86. The topological polar surface area (TPSA) is 77.8 Å². The number of allylic oxidation sites excluding steroid dienone is 2. The highest BCUT2D eigenvalue weighted by Gasteiger charge is 2.48. The Morgan fingerprint density at radius 2 is 1.10 bits per heavy atom. The van der Waals surface area contributed by atoms with Gasteiger partial charge >= 0.3 is 7.60 Å². The summed E-state index contributed by atoms with van der Waals surface area (Å²) in [5.41, 5.74) is 0. The Bertz CT molecular complexity index is 498. The van der Waals surface area contributed by atoms with E-state index in [1.807, 2.05) is 21.1 Å². The summed E-state index contributed by atoms with van der Waals surface area (Å²) in [6.45, 7) is 2.31. The first-order chi connectivity index (χ1) is 14.5. The minimum absolute atomic E-state index is 0.0620. The predicted molar refractivity (Wildman–Crippen MR) is 133 cm³/mol. The van der Waals surface area contributed by atoms with Crippen LogP contribution in [0.3, 0.4) is 0 Å². The van der Waals surface area contributed by atoms with Gasteiger partial charge in [-0.3, -0.25) is 4.57 Å². The molecule has 1 atom stereocenters. The average Bonchev–Trinajstić information content (AvgIpc) is 2.65. The quantitative estimate of drug-likeness (QED) is 0.0761. The van der Waals surface area contributed by atoms with Crippen molar-refractivity contribution in [2.75, 3.05) is 27.7 Å². The van der Waals surface area contributed by atoms with Crippen LogP contribution in [0.4, 0.5) is 0 Å². The Labute approximate surface area is 193 Å². The van der Waals surface area contributed by atoms with Gasteiger partial charge in [-0.15, -0.1) is 0 Å². The van der Waals surface area contributed by atoms with Crippen LogP contribution in [0.1, 0.15) is 116 Å². The van der Waals surface area contributed by atoms with Gasteiger partial charge in [-0.1, -0.05) is 89.7 Å². The van der Waals surface area contributed by atoms with Gasteiger partial charge < -0.3 is 19.4 Å². The summed E-state index contributed by atoms with van der Waals surface area (Å²) in [6, 6.07) is 0. The van der Waals surface area contributed by atoms with Crippen LogP contribution in [0.5, 0.6) is 0 Å². The molecule has 0 aliphatic heterocycles. The second-order valence-electron chi connectivity index (χ2n) is 10.4. The summed E-state index contributed by atoms with van der Waals surface area (Å²) in [6.07, 6.45) is 24.3. The number of quaternary nitrogens is 1. The van der Waals surface area contributed by atoms with E-state index in [9.17, 15) is 19.5 Å². The minimum atomic E-state index is -4.54. The molecular formula is C25H53NO4P+. The standard InChI is InChI=1S/C25H52NO4P/c1-5-6-7-8-9-10-11-12-13-14-15-16-17-18-19-20-21-22-23-25(27,31(28,29)30)24-26(2,3)4/h9-10,27H,5-8,11-24H2,1-4H3,(H-,28,29,30)/p+1/b10-9-. The second kappa shape index (κ2) is 17.3. The monoisotopic (exact) mass is 462 g/mol. The Kier molecular flexibility index (Phi) is 17.2. The van der Waals surface area contributed by atoms with Gasteiger partial charge in [-0.25, -0.2) is 0 Å². The summed E-state index contributed by atoms with van der Waals surface area (Å²) in [7, 11) is 0.981. The molecule has 0 radical (unpaired) electrons. The molecule has 0 aromatic carbocycles. The molecule has 0 heterocycles. The number of hydrogen-bond donors (Lipinski definition) is 3. The van der Waals surface area contributed by atoms with Crippen LogP contribution in [0.2, 0.25) is 0 Å². The van der Waals surface area contributed by atoms with Crippen LogP contribution in [0.25, 0.3) is 0 Å². The first kappa shape index (κ1) is 30.8. The van der Waals surface area contributed by atoms with E-state index >= 15 is 0 Å². The fourth-order valence-corrected chi connectivity index (χ4v) is 5.14. The number of unbranched alkanes of at least 4 members (excludes halogenated alkanes) is 14. The molecule has 0 aromatic rings. The maximum Gasteiger partial charge on any atom is 0.362 e. The van der Waals surface area contributed by atoms with Crippen LogP contribution in [-0.4, -0.2) is 52.4 Å². The van der Waals surface area contributed by atoms with E-state index in [4.69, 9.17) is 0 Å². The number of aliphatic hydroxyl groups is 1. The lowest BCUT2D eigenvalue weighted by molar-refractivity contribution is -0.875. The highest BCUT2D eigenvalue weighted by atomic mass is 31.2. The van der Waals surface area contributed by atoms with Crippen molar-refractivity contribution in [3.8, 4) is 0 Å². The molecule has 5 nitrogen and oxygen atoms in total. The van der Waals surface area contributed by atoms with Crippen molar-refractivity contribution >= 4 is 7.60 Å². The van der Waals surface area contributed by atoms with Gasteiger partial charge in [0, 0.05) is 0 Å². The molecule has 6 heteroatoms. The fourth-order valence-electron chi connectivity index (χ4n) is 4.09. The summed E-state index contributed by atoms with van der Waals surface area (Å²) < 4.78 is 12.1. The molecule has 0 spiro atoms. The van der Waals surface area contributed by atoms with Crippen LogP contribution < -0.4 is 0 Å². The lowest BCUT2D eigenvalue weighted by Gasteiger charge is -2.35. The van der Waals surface area contributed by atoms with Crippen molar-refractivity contribution in [2.45, 2.75) is 121 Å². The van der Waals surface area contributed by atoms with Crippen molar-refractivity contribution in [3.05, 3.63) is 12.2 Å². The van der Waals surface area contributed by atoms with Gasteiger partial charge in [-0.2, -0.15) is 0 Å². The zero-order chi connectivity index (χ0) is 23.6. The SMILES string of the molecule is CCCCC/C=C\CCCCCCCCCCCCCC(O)(C[N+](C)(C)C)P(=O)(O)O. The zero-order valence-corrected chi connectivity index (χ0v) is 21.9. The molecule has 31 heavy (non-hydrogen) atoms. The largest absolute Gasteiger partial charge is 0.373 e. The summed E-state index contributed by atoms with van der Waals surface area (Å²) in [5, 5.41) is 8.63. The molecule has 0 aromatic heterocycles. The van der Waals surface area contributed by atoms with E-state index in [0.29, 0.717) is 10.9 Å². The molecule has 0 amide bonds. The summed E-state index contributed by atoms with van der Waals surface area (Å²) in [5.74, 6) is 0. The van der Waals surface area contributed by atoms with Gasteiger partial charge in [0.1, 0.15) is 6.54 Å². The molecule has 3 N–H and O–H groups in total. The van der Waals surface area contributed by atoms with E-state index in [1.165, 1.54) is 83.5 Å². The molecule has 0 aliphatic rings. The number of nitrogens with zero attached hydrogens (tertiary/aromatic N) is 1. The maximum atomic E-state index is 11.8. The van der Waals surface area contributed by atoms with E-state index in [-0.39, 0.29) is 13.0 Å². The van der Waals surface area contributed by atoms with Gasteiger partial charge in [0.2, 0.25) is 5.34 Å². The molecule has 0 rings (SSSR count). The first-order valence-corrected chi connectivity index (χ1v) is 14.4. The van der Waals surface area contributed by atoms with Gasteiger partial charge in [0.05, 0.1) is 21.1 Å². The van der Waals surface area contributed by atoms with E-state index in [0.717, 1.165) is 12.8 Å². The van der Waals surface area contributed by atoms with E-state index in [1.54, 1.807) is 0 Å². The molecule has 0 saturated heterocycles. The molecule has 0 fully saturated rings. The molecule has 0 bridgehead atoms. The lowest BCUT2D eigenvalue weighted by Crippen LogP contribution is -2.49. The second-order valence-corrected chi connectivity index (χ2v) is 12.3. The van der Waals surface area contributed by atoms with Crippen molar-refractivity contribution < 1.29 is 23.9 Å². The van der Waals surface area contributed by atoms with E-state index < -0.39 is 12.9 Å². The number of likely N-dealkylation sites (N-methyl/N-ethyl adjacent to an activating group) is 1. The highest BCUT2D eigenvalue weighted by Crippen LogP contribution is 2.52.